The number of aliphatic hydroxyl groups is 1. The first-order chi connectivity index (χ1) is 15.8. The van der Waals surface area contributed by atoms with Crippen molar-refractivity contribution < 1.29 is 33.4 Å². The standard InChI is InChI=1S/C24H20BrNO7/c1-13(27)32-17-6-3-14(4-7-17)21-20(23(29)24(30)26(21)9-10-31-2)22(28)19-12-15-11-16(25)5-8-18(15)33-19/h3-8,11-12,21,29H,9-10H2,1-2H3. The molecule has 0 bridgehead atoms. The Bertz CT molecular complexity index is 1280. The predicted octanol–water partition coefficient (Wildman–Crippen LogP) is 4.35. The van der Waals surface area contributed by atoms with Crippen molar-refractivity contribution in [1.29, 1.82) is 0 Å². The van der Waals surface area contributed by atoms with Crippen molar-refractivity contribution in [2.75, 3.05) is 20.3 Å². The van der Waals surface area contributed by atoms with E-state index in [0.29, 0.717) is 22.3 Å². The number of methoxy groups -OCH3 is 1. The van der Waals surface area contributed by atoms with Gasteiger partial charge in [-0.15, -0.1) is 0 Å². The number of ketones is 1. The number of ether oxygens (including phenoxy) is 2. The van der Waals surface area contributed by atoms with Gasteiger partial charge in [-0.25, -0.2) is 0 Å². The second kappa shape index (κ2) is 9.21. The number of hydrogen-bond acceptors (Lipinski definition) is 7. The molecule has 4 rings (SSSR count). The number of amides is 1. The molecule has 1 N–H and O–H groups in total. The molecular weight excluding hydrogens is 494 g/mol. The van der Waals surface area contributed by atoms with Gasteiger partial charge in [0.2, 0.25) is 5.78 Å². The SMILES string of the molecule is COCCN1C(=O)C(O)=C(C(=O)c2cc3cc(Br)ccc3o2)C1c1ccc(OC(C)=O)cc1. The Kier molecular flexibility index (Phi) is 6.35. The molecule has 3 aromatic rings. The highest BCUT2D eigenvalue weighted by Crippen LogP contribution is 2.40. The second-order valence-corrected chi connectivity index (χ2v) is 8.36. The first kappa shape index (κ1) is 22.8. The summed E-state index contributed by atoms with van der Waals surface area (Å²) in [5, 5.41) is 11.4. The Morgan fingerprint density at radius 1 is 1.15 bits per heavy atom. The maximum Gasteiger partial charge on any atom is 0.308 e. The third-order valence-corrected chi connectivity index (χ3v) is 5.74. The monoisotopic (exact) mass is 513 g/mol. The second-order valence-electron chi connectivity index (χ2n) is 7.44. The summed E-state index contributed by atoms with van der Waals surface area (Å²) in [5.74, 6) is -2.04. The molecule has 1 aromatic heterocycles. The first-order valence-electron chi connectivity index (χ1n) is 10.1. The molecule has 9 heteroatoms. The molecule has 0 aliphatic carbocycles. The minimum atomic E-state index is -0.869. The summed E-state index contributed by atoms with van der Waals surface area (Å²) in [6.07, 6.45) is 0. The molecular formula is C24H20BrNO7. The molecule has 1 aliphatic rings. The molecule has 2 heterocycles. The molecule has 1 atom stereocenters. The lowest BCUT2D eigenvalue weighted by atomic mass is 9.95. The van der Waals surface area contributed by atoms with Gasteiger partial charge in [-0.05, 0) is 42.0 Å². The molecule has 0 saturated heterocycles. The van der Waals surface area contributed by atoms with Crippen LogP contribution in [-0.4, -0.2) is 47.9 Å². The van der Waals surface area contributed by atoms with E-state index in [2.05, 4.69) is 15.9 Å². The molecule has 0 fully saturated rings. The Labute approximate surface area is 197 Å². The van der Waals surface area contributed by atoms with Gasteiger partial charge in [0.15, 0.2) is 11.5 Å². The minimum absolute atomic E-state index is 0.00701. The minimum Gasteiger partial charge on any atom is -0.503 e. The van der Waals surface area contributed by atoms with Crippen LogP contribution in [0.5, 0.6) is 5.75 Å². The summed E-state index contributed by atoms with van der Waals surface area (Å²) in [4.78, 5) is 38.9. The topological polar surface area (TPSA) is 106 Å². The molecule has 33 heavy (non-hydrogen) atoms. The van der Waals surface area contributed by atoms with Crippen molar-refractivity contribution in [3.05, 3.63) is 75.7 Å². The fraction of sp³-hybridized carbons (Fsp3) is 0.208. The maximum absolute atomic E-state index is 13.5. The lowest BCUT2D eigenvalue weighted by Crippen LogP contribution is -2.34. The van der Waals surface area contributed by atoms with Gasteiger partial charge in [-0.1, -0.05) is 28.1 Å². The summed E-state index contributed by atoms with van der Waals surface area (Å²) in [5.41, 5.74) is 0.973. The summed E-state index contributed by atoms with van der Waals surface area (Å²) in [6, 6.07) is 12.4. The number of fused-ring (bicyclic) bond motifs is 1. The summed E-state index contributed by atoms with van der Waals surface area (Å²) in [7, 11) is 1.50. The number of Topliss-reactive ketones (excluding diaryl/α,β-unsaturated/α-hetero) is 1. The van der Waals surface area contributed by atoms with Gasteiger partial charge in [-0.3, -0.25) is 14.4 Å². The number of carbonyl (C=O) groups excluding carboxylic acids is 3. The summed E-state index contributed by atoms with van der Waals surface area (Å²) < 4.78 is 16.7. The normalized spacial score (nSPS) is 16.0. The number of aliphatic hydroxyl groups excluding tert-OH is 1. The maximum atomic E-state index is 13.5. The van der Waals surface area contributed by atoms with E-state index in [0.717, 1.165) is 4.47 Å². The highest BCUT2D eigenvalue weighted by atomic mass is 79.9. The third-order valence-electron chi connectivity index (χ3n) is 5.24. The van der Waals surface area contributed by atoms with Gasteiger partial charge in [0.05, 0.1) is 18.2 Å². The number of nitrogens with zero attached hydrogens (tertiary/aromatic N) is 1. The number of rotatable bonds is 7. The van der Waals surface area contributed by atoms with Crippen LogP contribution in [0.2, 0.25) is 0 Å². The van der Waals surface area contributed by atoms with E-state index in [4.69, 9.17) is 13.9 Å². The summed E-state index contributed by atoms with van der Waals surface area (Å²) in [6.45, 7) is 1.65. The number of carbonyl (C=O) groups is 3. The molecule has 0 radical (unpaired) electrons. The van der Waals surface area contributed by atoms with Crippen LogP contribution in [0.25, 0.3) is 11.0 Å². The molecule has 1 unspecified atom stereocenters. The van der Waals surface area contributed by atoms with E-state index >= 15 is 0 Å². The molecule has 0 spiro atoms. The van der Waals surface area contributed by atoms with Crippen LogP contribution in [0.1, 0.15) is 29.1 Å². The van der Waals surface area contributed by atoms with Crippen LogP contribution in [0.3, 0.4) is 0 Å². The molecule has 170 valence electrons. The zero-order valence-electron chi connectivity index (χ0n) is 17.8. The van der Waals surface area contributed by atoms with Crippen molar-refractivity contribution in [3.63, 3.8) is 0 Å². The third kappa shape index (κ3) is 4.42. The average Bonchev–Trinajstić information content (AvgIpc) is 3.31. The lowest BCUT2D eigenvalue weighted by Gasteiger charge is -2.26. The van der Waals surface area contributed by atoms with Gasteiger partial charge in [0.1, 0.15) is 11.3 Å². The van der Waals surface area contributed by atoms with Crippen LogP contribution in [0.15, 0.2) is 68.8 Å². The molecule has 0 saturated carbocycles. The smallest absolute Gasteiger partial charge is 0.308 e. The Hall–Kier alpha value is -3.43. The van der Waals surface area contributed by atoms with Crippen LogP contribution >= 0.6 is 15.9 Å². The van der Waals surface area contributed by atoms with Crippen LogP contribution in [0.4, 0.5) is 0 Å². The van der Waals surface area contributed by atoms with E-state index < -0.39 is 29.5 Å². The zero-order chi connectivity index (χ0) is 23.7. The molecule has 1 amide bonds. The van der Waals surface area contributed by atoms with E-state index in [1.807, 2.05) is 0 Å². The van der Waals surface area contributed by atoms with E-state index in [9.17, 15) is 19.5 Å². The van der Waals surface area contributed by atoms with Crippen molar-refractivity contribution in [2.45, 2.75) is 13.0 Å². The van der Waals surface area contributed by atoms with E-state index in [1.165, 1.54) is 18.9 Å². The number of benzene rings is 2. The van der Waals surface area contributed by atoms with E-state index in [1.54, 1.807) is 48.5 Å². The Morgan fingerprint density at radius 2 is 1.88 bits per heavy atom. The molecule has 1 aliphatic heterocycles. The van der Waals surface area contributed by atoms with Gasteiger partial charge < -0.3 is 23.9 Å². The van der Waals surface area contributed by atoms with Crippen molar-refractivity contribution in [3.8, 4) is 5.75 Å². The first-order valence-corrected chi connectivity index (χ1v) is 10.8. The highest BCUT2D eigenvalue weighted by molar-refractivity contribution is 9.10. The quantitative estimate of drug-likeness (QED) is 0.284. The number of halogens is 1. The Morgan fingerprint density at radius 3 is 2.55 bits per heavy atom. The van der Waals surface area contributed by atoms with Gasteiger partial charge >= 0.3 is 5.97 Å². The van der Waals surface area contributed by atoms with Crippen molar-refractivity contribution in [2.24, 2.45) is 0 Å². The average molecular weight is 514 g/mol. The zero-order valence-corrected chi connectivity index (χ0v) is 19.4. The van der Waals surface area contributed by atoms with E-state index in [-0.39, 0.29) is 24.5 Å². The Balaban J connectivity index is 1.76. The molecule has 8 nitrogen and oxygen atoms in total. The number of hydrogen-bond donors (Lipinski definition) is 1. The summed E-state index contributed by atoms with van der Waals surface area (Å²) >= 11 is 3.38. The van der Waals surface area contributed by atoms with Crippen molar-refractivity contribution in [1.82, 2.24) is 4.90 Å². The van der Waals surface area contributed by atoms with Gasteiger partial charge in [0, 0.05) is 30.4 Å². The van der Waals surface area contributed by atoms with Crippen molar-refractivity contribution >= 4 is 44.6 Å². The molecule has 2 aromatic carbocycles. The van der Waals surface area contributed by atoms with Gasteiger partial charge in [-0.2, -0.15) is 0 Å². The van der Waals surface area contributed by atoms with Gasteiger partial charge in [0.25, 0.3) is 5.91 Å². The number of esters is 1. The largest absolute Gasteiger partial charge is 0.503 e. The van der Waals surface area contributed by atoms with Crippen LogP contribution in [-0.2, 0) is 14.3 Å². The lowest BCUT2D eigenvalue weighted by molar-refractivity contribution is -0.132. The van der Waals surface area contributed by atoms with Crippen LogP contribution < -0.4 is 4.74 Å². The van der Waals surface area contributed by atoms with Crippen LogP contribution in [0, 0.1) is 0 Å². The fourth-order valence-corrected chi connectivity index (χ4v) is 4.17. The fourth-order valence-electron chi connectivity index (χ4n) is 3.80. The number of furan rings is 1. The highest BCUT2D eigenvalue weighted by Gasteiger charge is 2.44. The predicted molar refractivity (Wildman–Crippen MR) is 122 cm³/mol.